The fourth-order valence-electron chi connectivity index (χ4n) is 1.80. The highest BCUT2D eigenvalue weighted by molar-refractivity contribution is 4.73. The fraction of sp³-hybridized carbons (Fsp3) is 1.00. The number of hydrogen-bond acceptors (Lipinski definition) is 4. The average molecular weight is 232 g/mol. The summed E-state index contributed by atoms with van der Waals surface area (Å²) in [4.78, 5) is 15.2. The number of nitrogens with zero attached hydrogens (tertiary/aromatic N) is 2. The van der Waals surface area contributed by atoms with Crippen molar-refractivity contribution in [2.45, 2.75) is 38.9 Å². The van der Waals surface area contributed by atoms with Gasteiger partial charge in [-0.05, 0) is 55.9 Å². The second-order valence-electron chi connectivity index (χ2n) is 6.16. The van der Waals surface area contributed by atoms with Gasteiger partial charge in [-0.25, -0.2) is 9.78 Å². The van der Waals surface area contributed by atoms with Crippen LogP contribution >= 0.6 is 0 Å². The van der Waals surface area contributed by atoms with Crippen molar-refractivity contribution in [2.75, 3.05) is 41.3 Å². The molecule has 0 rings (SSSR count). The molecule has 0 N–H and O–H groups in total. The highest BCUT2D eigenvalue weighted by atomic mass is 17.2. The van der Waals surface area contributed by atoms with E-state index in [1.807, 2.05) is 55.9 Å². The molecule has 0 amide bonds. The Bertz CT molecular complexity index is 179. The smallest absolute Gasteiger partial charge is 0.111 e. The van der Waals surface area contributed by atoms with Crippen molar-refractivity contribution in [2.24, 2.45) is 0 Å². The van der Waals surface area contributed by atoms with Crippen LogP contribution in [0.5, 0.6) is 0 Å². The van der Waals surface area contributed by atoms with Crippen LogP contribution in [0.3, 0.4) is 0 Å². The molecule has 98 valence electrons. The van der Waals surface area contributed by atoms with Gasteiger partial charge in [0.2, 0.25) is 0 Å². The van der Waals surface area contributed by atoms with Gasteiger partial charge in [-0.2, -0.15) is 0 Å². The van der Waals surface area contributed by atoms with Crippen LogP contribution in [0.4, 0.5) is 0 Å². The Morgan fingerprint density at radius 1 is 0.688 bits per heavy atom. The second kappa shape index (κ2) is 5.96. The first kappa shape index (κ1) is 15.8. The quantitative estimate of drug-likeness (QED) is 0.492. The van der Waals surface area contributed by atoms with Crippen LogP contribution in [-0.4, -0.2) is 62.3 Å². The first-order valence-electron chi connectivity index (χ1n) is 5.70. The summed E-state index contributed by atoms with van der Waals surface area (Å²) in [6.45, 7) is 9.76. The minimum absolute atomic E-state index is 0.299. The summed E-state index contributed by atoms with van der Waals surface area (Å²) in [5.74, 6) is 0. The predicted molar refractivity (Wildman–Crippen MR) is 67.4 cm³/mol. The Hall–Kier alpha value is -0.160. The van der Waals surface area contributed by atoms with Crippen LogP contribution in [0, 0.1) is 0 Å². The first-order chi connectivity index (χ1) is 7.04. The van der Waals surface area contributed by atoms with Crippen molar-refractivity contribution in [3.63, 3.8) is 0 Å². The van der Waals surface area contributed by atoms with Crippen molar-refractivity contribution in [3.05, 3.63) is 0 Å². The molecular formula is C12H28N2O2. The van der Waals surface area contributed by atoms with Crippen LogP contribution in [0.15, 0.2) is 0 Å². The Balaban J connectivity index is 4.11. The normalized spacial score (nSPS) is 13.9. The van der Waals surface area contributed by atoms with E-state index in [9.17, 15) is 0 Å². The lowest BCUT2D eigenvalue weighted by Crippen LogP contribution is -2.43. The molecule has 0 aliphatic carbocycles. The summed E-state index contributed by atoms with van der Waals surface area (Å²) >= 11 is 0. The van der Waals surface area contributed by atoms with E-state index in [1.165, 1.54) is 0 Å². The molecule has 0 fully saturated rings. The van der Waals surface area contributed by atoms with Crippen molar-refractivity contribution in [3.8, 4) is 0 Å². The van der Waals surface area contributed by atoms with Gasteiger partial charge in [0.05, 0.1) is 0 Å². The van der Waals surface area contributed by atoms with Gasteiger partial charge in [-0.1, -0.05) is 0 Å². The zero-order valence-corrected chi connectivity index (χ0v) is 12.1. The van der Waals surface area contributed by atoms with Gasteiger partial charge in [0.25, 0.3) is 0 Å². The monoisotopic (exact) mass is 232 g/mol. The van der Waals surface area contributed by atoms with E-state index in [4.69, 9.17) is 9.78 Å². The minimum Gasteiger partial charge on any atom is -0.306 e. The summed E-state index contributed by atoms with van der Waals surface area (Å²) in [7, 11) is 8.10. The molecule has 0 saturated heterocycles. The molecule has 0 aromatic carbocycles. The summed E-state index contributed by atoms with van der Waals surface area (Å²) in [5.41, 5.74) is -0.597. The van der Waals surface area contributed by atoms with Gasteiger partial charge < -0.3 is 9.80 Å². The van der Waals surface area contributed by atoms with E-state index in [-0.39, 0.29) is 11.2 Å². The number of likely N-dealkylation sites (N-methyl/N-ethyl adjacent to an activating group) is 2. The van der Waals surface area contributed by atoms with Gasteiger partial charge in [0.15, 0.2) is 0 Å². The van der Waals surface area contributed by atoms with E-state index < -0.39 is 0 Å². The molecule has 0 spiro atoms. The third-order valence-corrected chi connectivity index (χ3v) is 1.89. The zero-order chi connectivity index (χ0) is 13.0. The average Bonchev–Trinajstić information content (AvgIpc) is 1.96. The molecule has 16 heavy (non-hydrogen) atoms. The van der Waals surface area contributed by atoms with E-state index in [1.54, 1.807) is 0 Å². The molecule has 4 heteroatoms. The molecule has 0 saturated carbocycles. The summed E-state index contributed by atoms with van der Waals surface area (Å²) in [6, 6.07) is 0. The maximum atomic E-state index is 5.54. The van der Waals surface area contributed by atoms with Crippen LogP contribution < -0.4 is 0 Å². The maximum absolute atomic E-state index is 5.54. The van der Waals surface area contributed by atoms with Crippen LogP contribution in [-0.2, 0) is 9.78 Å². The molecule has 0 radical (unpaired) electrons. The van der Waals surface area contributed by atoms with E-state index in [0.29, 0.717) is 0 Å². The lowest BCUT2D eigenvalue weighted by atomic mass is 10.1. The Labute approximate surface area is 100 Å². The third-order valence-electron chi connectivity index (χ3n) is 1.89. The van der Waals surface area contributed by atoms with Gasteiger partial charge in [0, 0.05) is 13.1 Å². The Kier molecular flexibility index (Phi) is 5.90. The molecule has 0 aromatic heterocycles. The van der Waals surface area contributed by atoms with Gasteiger partial charge in [-0.3, -0.25) is 0 Å². The molecule has 0 bridgehead atoms. The van der Waals surface area contributed by atoms with E-state index >= 15 is 0 Å². The Morgan fingerprint density at radius 2 is 0.938 bits per heavy atom. The lowest BCUT2D eigenvalue weighted by molar-refractivity contribution is -0.402. The fourth-order valence-corrected chi connectivity index (χ4v) is 1.80. The summed E-state index contributed by atoms with van der Waals surface area (Å²) in [5, 5.41) is 0. The standard InChI is InChI=1S/C12H28N2O2/c1-11(2,9-13(5)6)15-16-12(3,4)10-14(7)8/h9-10H2,1-8H3. The SMILES string of the molecule is CN(C)CC(C)(C)OOC(C)(C)CN(C)C. The third kappa shape index (κ3) is 8.05. The predicted octanol–water partition coefficient (Wildman–Crippen LogP) is 1.61. The summed E-state index contributed by atoms with van der Waals surface area (Å²) < 4.78 is 0. The van der Waals surface area contributed by atoms with Gasteiger partial charge in [-0.15, -0.1) is 0 Å². The molecule has 0 unspecified atom stereocenters. The van der Waals surface area contributed by atoms with Gasteiger partial charge >= 0.3 is 0 Å². The summed E-state index contributed by atoms with van der Waals surface area (Å²) in [6.07, 6.45) is 0. The van der Waals surface area contributed by atoms with E-state index in [2.05, 4.69) is 9.80 Å². The van der Waals surface area contributed by atoms with Crippen LogP contribution in [0.2, 0.25) is 0 Å². The molecule has 0 aromatic rings. The Morgan fingerprint density at radius 3 is 1.12 bits per heavy atom. The second-order valence-corrected chi connectivity index (χ2v) is 6.16. The van der Waals surface area contributed by atoms with Crippen molar-refractivity contribution < 1.29 is 9.78 Å². The first-order valence-corrected chi connectivity index (χ1v) is 5.70. The highest BCUT2D eigenvalue weighted by Crippen LogP contribution is 2.17. The zero-order valence-electron chi connectivity index (χ0n) is 12.1. The largest absolute Gasteiger partial charge is 0.306 e. The van der Waals surface area contributed by atoms with Crippen molar-refractivity contribution in [1.29, 1.82) is 0 Å². The van der Waals surface area contributed by atoms with Crippen LogP contribution in [0.25, 0.3) is 0 Å². The topological polar surface area (TPSA) is 24.9 Å². The molecule has 0 aliphatic rings. The highest BCUT2D eigenvalue weighted by Gasteiger charge is 2.27. The van der Waals surface area contributed by atoms with Gasteiger partial charge in [0.1, 0.15) is 11.2 Å². The molecular weight excluding hydrogens is 204 g/mol. The molecule has 4 nitrogen and oxygen atoms in total. The number of rotatable bonds is 7. The number of hydrogen-bond donors (Lipinski definition) is 0. The van der Waals surface area contributed by atoms with Crippen molar-refractivity contribution >= 4 is 0 Å². The van der Waals surface area contributed by atoms with Crippen LogP contribution in [0.1, 0.15) is 27.7 Å². The molecule has 0 heterocycles. The lowest BCUT2D eigenvalue weighted by Gasteiger charge is -2.33. The van der Waals surface area contributed by atoms with E-state index in [0.717, 1.165) is 13.1 Å². The van der Waals surface area contributed by atoms with Crippen molar-refractivity contribution in [1.82, 2.24) is 9.80 Å². The maximum Gasteiger partial charge on any atom is 0.111 e. The molecule has 0 aliphatic heterocycles. The minimum atomic E-state index is -0.299. The molecule has 0 atom stereocenters.